The lowest BCUT2D eigenvalue weighted by molar-refractivity contribution is 0.0961. The van der Waals surface area contributed by atoms with Crippen LogP contribution in [0.25, 0.3) is 0 Å². The average Bonchev–Trinajstić information content (AvgIpc) is 3.17. The van der Waals surface area contributed by atoms with Gasteiger partial charge in [-0.15, -0.1) is 0 Å². The van der Waals surface area contributed by atoms with Crippen LogP contribution in [0.1, 0.15) is 34.0 Å². The van der Waals surface area contributed by atoms with Crippen molar-refractivity contribution in [1.82, 2.24) is 20.4 Å². The molecular formula is C16H19ClN4O. The summed E-state index contributed by atoms with van der Waals surface area (Å²) in [5, 5.41) is 10.5. The molecule has 22 heavy (non-hydrogen) atoms. The van der Waals surface area contributed by atoms with E-state index < -0.39 is 0 Å². The SMILES string of the molecule is CNC(=O)c1cn[nH]c1[C@@H]1CCN(Cc2ccc(Cl)cc2)C1. The van der Waals surface area contributed by atoms with Crippen molar-refractivity contribution in [3.05, 3.63) is 52.3 Å². The van der Waals surface area contributed by atoms with Crippen LogP contribution < -0.4 is 5.32 Å². The quantitative estimate of drug-likeness (QED) is 0.910. The van der Waals surface area contributed by atoms with E-state index in [9.17, 15) is 4.79 Å². The van der Waals surface area contributed by atoms with Crippen LogP contribution in [-0.2, 0) is 6.54 Å². The zero-order chi connectivity index (χ0) is 15.5. The van der Waals surface area contributed by atoms with Gasteiger partial charge in [0.1, 0.15) is 0 Å². The van der Waals surface area contributed by atoms with Gasteiger partial charge >= 0.3 is 0 Å². The molecule has 1 amide bonds. The normalized spacial score (nSPS) is 18.5. The first-order valence-electron chi connectivity index (χ1n) is 7.39. The molecule has 1 saturated heterocycles. The van der Waals surface area contributed by atoms with Crippen molar-refractivity contribution in [2.45, 2.75) is 18.9 Å². The molecule has 3 rings (SSSR count). The number of hydrogen-bond donors (Lipinski definition) is 2. The Hall–Kier alpha value is -1.85. The van der Waals surface area contributed by atoms with Crippen LogP contribution in [0, 0.1) is 0 Å². The summed E-state index contributed by atoms with van der Waals surface area (Å²) in [6, 6.07) is 7.95. The number of nitrogens with zero attached hydrogens (tertiary/aromatic N) is 2. The summed E-state index contributed by atoms with van der Waals surface area (Å²) in [6.07, 6.45) is 2.63. The van der Waals surface area contributed by atoms with Crippen molar-refractivity contribution in [2.75, 3.05) is 20.1 Å². The number of halogens is 1. The molecule has 0 spiro atoms. The second kappa shape index (κ2) is 6.50. The third-order valence-electron chi connectivity index (χ3n) is 4.14. The third kappa shape index (κ3) is 3.15. The summed E-state index contributed by atoms with van der Waals surface area (Å²) >= 11 is 5.92. The van der Waals surface area contributed by atoms with Crippen LogP contribution >= 0.6 is 11.6 Å². The van der Waals surface area contributed by atoms with E-state index in [-0.39, 0.29) is 5.91 Å². The Morgan fingerprint density at radius 3 is 2.95 bits per heavy atom. The zero-order valence-electron chi connectivity index (χ0n) is 12.5. The minimum atomic E-state index is -0.0834. The molecule has 0 saturated carbocycles. The summed E-state index contributed by atoms with van der Waals surface area (Å²) in [5.74, 6) is 0.238. The van der Waals surface area contributed by atoms with Crippen molar-refractivity contribution in [1.29, 1.82) is 0 Å². The maximum atomic E-state index is 11.9. The summed E-state index contributed by atoms with van der Waals surface area (Å²) < 4.78 is 0. The largest absolute Gasteiger partial charge is 0.355 e. The Bertz CT molecular complexity index is 652. The molecule has 1 aliphatic heterocycles. The van der Waals surface area contributed by atoms with Gasteiger partial charge in [-0.25, -0.2) is 0 Å². The fourth-order valence-electron chi connectivity index (χ4n) is 2.98. The van der Waals surface area contributed by atoms with Gasteiger partial charge in [-0.3, -0.25) is 14.8 Å². The number of amides is 1. The van der Waals surface area contributed by atoms with E-state index >= 15 is 0 Å². The highest BCUT2D eigenvalue weighted by Crippen LogP contribution is 2.29. The van der Waals surface area contributed by atoms with Crippen LogP contribution in [-0.4, -0.2) is 41.1 Å². The number of benzene rings is 1. The van der Waals surface area contributed by atoms with E-state index in [1.54, 1.807) is 13.2 Å². The Morgan fingerprint density at radius 1 is 1.45 bits per heavy atom. The topological polar surface area (TPSA) is 61.0 Å². The van der Waals surface area contributed by atoms with E-state index in [4.69, 9.17) is 11.6 Å². The van der Waals surface area contributed by atoms with Gasteiger partial charge in [0.2, 0.25) is 0 Å². The van der Waals surface area contributed by atoms with E-state index in [0.29, 0.717) is 11.5 Å². The fourth-order valence-corrected chi connectivity index (χ4v) is 3.11. The summed E-state index contributed by atoms with van der Waals surface area (Å²) in [4.78, 5) is 14.3. The lowest BCUT2D eigenvalue weighted by Gasteiger charge is -2.16. The lowest BCUT2D eigenvalue weighted by atomic mass is 10.0. The molecule has 1 aromatic heterocycles. The Labute approximate surface area is 134 Å². The first-order valence-corrected chi connectivity index (χ1v) is 7.77. The standard InChI is InChI=1S/C16H19ClN4O/c1-18-16(22)14-8-19-20-15(14)12-6-7-21(10-12)9-11-2-4-13(17)5-3-11/h2-5,8,12H,6-7,9-10H2,1H3,(H,18,22)(H,19,20)/t12-/m1/s1. The molecule has 6 heteroatoms. The number of rotatable bonds is 4. The molecule has 0 bridgehead atoms. The van der Waals surface area contributed by atoms with Gasteiger partial charge in [0, 0.05) is 31.1 Å². The number of carbonyl (C=O) groups is 1. The number of H-pyrrole nitrogens is 1. The first-order chi connectivity index (χ1) is 10.7. The third-order valence-corrected chi connectivity index (χ3v) is 4.39. The van der Waals surface area contributed by atoms with Gasteiger partial charge in [-0.05, 0) is 30.7 Å². The van der Waals surface area contributed by atoms with Gasteiger partial charge in [0.05, 0.1) is 17.5 Å². The molecule has 1 atom stereocenters. The van der Waals surface area contributed by atoms with Crippen molar-refractivity contribution in [3.63, 3.8) is 0 Å². The Kier molecular flexibility index (Phi) is 4.45. The predicted octanol–water partition coefficient (Wildman–Crippen LogP) is 2.41. The van der Waals surface area contributed by atoms with Crippen LogP contribution in [0.2, 0.25) is 5.02 Å². The molecule has 0 radical (unpaired) electrons. The molecule has 1 fully saturated rings. The fraction of sp³-hybridized carbons (Fsp3) is 0.375. The minimum Gasteiger partial charge on any atom is -0.355 e. The number of aromatic amines is 1. The summed E-state index contributed by atoms with van der Waals surface area (Å²) in [7, 11) is 1.64. The zero-order valence-corrected chi connectivity index (χ0v) is 13.2. The molecule has 0 aliphatic carbocycles. The van der Waals surface area contributed by atoms with Crippen molar-refractivity contribution < 1.29 is 4.79 Å². The molecular weight excluding hydrogens is 300 g/mol. The highest BCUT2D eigenvalue weighted by Gasteiger charge is 2.28. The van der Waals surface area contributed by atoms with Gasteiger partial charge in [-0.1, -0.05) is 23.7 Å². The van der Waals surface area contributed by atoms with Crippen molar-refractivity contribution in [3.8, 4) is 0 Å². The van der Waals surface area contributed by atoms with Crippen LogP contribution in [0.3, 0.4) is 0 Å². The van der Waals surface area contributed by atoms with E-state index in [0.717, 1.165) is 36.8 Å². The lowest BCUT2D eigenvalue weighted by Crippen LogP contribution is -2.22. The van der Waals surface area contributed by atoms with Gasteiger partial charge in [-0.2, -0.15) is 5.10 Å². The number of aromatic nitrogens is 2. The number of likely N-dealkylation sites (tertiary alicyclic amines) is 1. The molecule has 2 aromatic rings. The molecule has 0 unspecified atom stereocenters. The Balaban J connectivity index is 1.66. The minimum absolute atomic E-state index is 0.0834. The predicted molar refractivity (Wildman–Crippen MR) is 86.1 cm³/mol. The van der Waals surface area contributed by atoms with E-state index in [1.807, 2.05) is 12.1 Å². The van der Waals surface area contributed by atoms with E-state index in [2.05, 4.69) is 32.5 Å². The van der Waals surface area contributed by atoms with Gasteiger partial charge < -0.3 is 5.32 Å². The van der Waals surface area contributed by atoms with Crippen molar-refractivity contribution in [2.24, 2.45) is 0 Å². The highest BCUT2D eigenvalue weighted by molar-refractivity contribution is 6.30. The van der Waals surface area contributed by atoms with Gasteiger partial charge in [0.15, 0.2) is 0 Å². The summed E-state index contributed by atoms with van der Waals surface area (Å²) in [6.45, 7) is 2.84. The average molecular weight is 319 g/mol. The smallest absolute Gasteiger partial charge is 0.254 e. The second-order valence-electron chi connectivity index (χ2n) is 5.62. The molecule has 2 N–H and O–H groups in total. The second-order valence-corrected chi connectivity index (χ2v) is 6.06. The maximum Gasteiger partial charge on any atom is 0.254 e. The monoisotopic (exact) mass is 318 g/mol. The molecule has 1 aliphatic rings. The van der Waals surface area contributed by atoms with Crippen LogP contribution in [0.4, 0.5) is 0 Å². The van der Waals surface area contributed by atoms with E-state index in [1.165, 1.54) is 5.56 Å². The van der Waals surface area contributed by atoms with Crippen molar-refractivity contribution >= 4 is 17.5 Å². The molecule has 2 heterocycles. The van der Waals surface area contributed by atoms with Crippen LogP contribution in [0.5, 0.6) is 0 Å². The maximum absolute atomic E-state index is 11.9. The number of nitrogens with one attached hydrogen (secondary N) is 2. The molecule has 1 aromatic carbocycles. The Morgan fingerprint density at radius 2 is 2.23 bits per heavy atom. The van der Waals surface area contributed by atoms with Gasteiger partial charge in [0.25, 0.3) is 5.91 Å². The molecule has 5 nitrogen and oxygen atoms in total. The summed E-state index contributed by atoms with van der Waals surface area (Å²) in [5.41, 5.74) is 2.85. The molecule has 116 valence electrons. The highest BCUT2D eigenvalue weighted by atomic mass is 35.5. The number of carbonyl (C=O) groups excluding carboxylic acids is 1. The van der Waals surface area contributed by atoms with Crippen LogP contribution in [0.15, 0.2) is 30.5 Å². The first kappa shape index (κ1) is 15.1. The number of hydrogen-bond acceptors (Lipinski definition) is 3.